The maximum absolute atomic E-state index is 13.8. The van der Waals surface area contributed by atoms with Gasteiger partial charge in [-0.05, 0) is 50.4 Å². The fourth-order valence-electron chi connectivity index (χ4n) is 3.96. The molecule has 0 aromatic heterocycles. The van der Waals surface area contributed by atoms with E-state index < -0.39 is 23.8 Å². The molecule has 0 bridgehead atoms. The summed E-state index contributed by atoms with van der Waals surface area (Å²) >= 11 is 0. The molecule has 4 nitrogen and oxygen atoms in total. The average molecular weight is 376 g/mol. The molecular formula is C20H34F2O4. The normalized spacial score (nSPS) is 23.3. The molecule has 0 aromatic carbocycles. The van der Waals surface area contributed by atoms with Crippen LogP contribution in [-0.4, -0.2) is 34.0 Å². The van der Waals surface area contributed by atoms with Gasteiger partial charge in [0.25, 0.3) is 0 Å². The summed E-state index contributed by atoms with van der Waals surface area (Å²) in [5.41, 5.74) is 0. The molecule has 0 amide bonds. The predicted molar refractivity (Wildman–Crippen MR) is 96.3 cm³/mol. The summed E-state index contributed by atoms with van der Waals surface area (Å²) in [7, 11) is 0. The highest BCUT2D eigenvalue weighted by Crippen LogP contribution is 2.39. The predicted octanol–water partition coefficient (Wildman–Crippen LogP) is 4.97. The van der Waals surface area contributed by atoms with E-state index in [1.807, 2.05) is 6.92 Å². The number of alkyl halides is 2. The van der Waals surface area contributed by atoms with Crippen LogP contribution in [0.4, 0.5) is 8.78 Å². The highest BCUT2D eigenvalue weighted by molar-refractivity contribution is 5.85. The first kappa shape index (κ1) is 23.0. The quantitative estimate of drug-likeness (QED) is 0.420. The topological polar surface area (TPSA) is 74.6 Å². The van der Waals surface area contributed by atoms with E-state index in [0.717, 1.165) is 32.1 Å². The number of carboxylic acid groups (broad SMARTS) is 1. The third-order valence-corrected chi connectivity index (χ3v) is 5.61. The van der Waals surface area contributed by atoms with Gasteiger partial charge < -0.3 is 10.2 Å². The van der Waals surface area contributed by atoms with E-state index in [2.05, 4.69) is 0 Å². The summed E-state index contributed by atoms with van der Waals surface area (Å²) in [6.45, 7) is 1.83. The Kier molecular flexibility index (Phi) is 10.3. The summed E-state index contributed by atoms with van der Waals surface area (Å²) in [6, 6.07) is 0. The van der Waals surface area contributed by atoms with Gasteiger partial charge in [0.1, 0.15) is 0 Å². The minimum absolute atomic E-state index is 0.0755. The van der Waals surface area contributed by atoms with E-state index in [9.17, 15) is 23.5 Å². The Morgan fingerprint density at radius 2 is 1.69 bits per heavy atom. The molecule has 6 heteroatoms. The largest absolute Gasteiger partial charge is 0.481 e. The van der Waals surface area contributed by atoms with Crippen molar-refractivity contribution in [3.63, 3.8) is 0 Å². The number of ketones is 1. The zero-order chi connectivity index (χ0) is 19.6. The van der Waals surface area contributed by atoms with Crippen molar-refractivity contribution in [1.29, 1.82) is 0 Å². The molecule has 1 aliphatic carbocycles. The van der Waals surface area contributed by atoms with Crippen molar-refractivity contribution in [1.82, 2.24) is 0 Å². The number of hydrogen-bond donors (Lipinski definition) is 2. The van der Waals surface area contributed by atoms with Crippen LogP contribution in [0.25, 0.3) is 0 Å². The summed E-state index contributed by atoms with van der Waals surface area (Å²) in [6.07, 6.45) is 6.34. The number of Topliss-reactive ketones (excluding diaryl/α,β-unsaturated/α-hetero) is 1. The van der Waals surface area contributed by atoms with E-state index in [4.69, 9.17) is 5.11 Å². The summed E-state index contributed by atoms with van der Waals surface area (Å²) in [5.74, 6) is -4.75. The van der Waals surface area contributed by atoms with Gasteiger partial charge in [-0.15, -0.1) is 0 Å². The van der Waals surface area contributed by atoms with Crippen molar-refractivity contribution in [2.45, 2.75) is 102 Å². The van der Waals surface area contributed by atoms with Crippen LogP contribution < -0.4 is 0 Å². The molecule has 2 N–H and O–H groups in total. The number of aliphatic carboxylic acids is 1. The minimum Gasteiger partial charge on any atom is -0.481 e. The van der Waals surface area contributed by atoms with Crippen LogP contribution in [0.2, 0.25) is 0 Å². The first-order valence-corrected chi connectivity index (χ1v) is 10.1. The zero-order valence-corrected chi connectivity index (χ0v) is 15.9. The van der Waals surface area contributed by atoms with Crippen LogP contribution in [0.5, 0.6) is 0 Å². The lowest BCUT2D eigenvalue weighted by Crippen LogP contribution is -2.29. The first-order valence-electron chi connectivity index (χ1n) is 10.1. The second kappa shape index (κ2) is 11.6. The monoisotopic (exact) mass is 376 g/mol. The highest BCUT2D eigenvalue weighted by atomic mass is 19.3. The lowest BCUT2D eigenvalue weighted by atomic mass is 9.85. The third-order valence-electron chi connectivity index (χ3n) is 5.61. The van der Waals surface area contributed by atoms with Crippen molar-refractivity contribution >= 4 is 11.8 Å². The third kappa shape index (κ3) is 8.11. The average Bonchev–Trinajstić information content (AvgIpc) is 2.93. The van der Waals surface area contributed by atoms with Crippen LogP contribution in [-0.2, 0) is 9.59 Å². The Bertz CT molecular complexity index is 440. The zero-order valence-electron chi connectivity index (χ0n) is 15.9. The van der Waals surface area contributed by atoms with Crippen molar-refractivity contribution in [2.24, 2.45) is 11.8 Å². The molecular weight excluding hydrogens is 342 g/mol. The lowest BCUT2D eigenvalue weighted by Gasteiger charge is -2.23. The van der Waals surface area contributed by atoms with Crippen molar-refractivity contribution in [2.75, 3.05) is 0 Å². The summed E-state index contributed by atoms with van der Waals surface area (Å²) in [4.78, 5) is 22.3. The van der Waals surface area contributed by atoms with Crippen molar-refractivity contribution < 1.29 is 28.6 Å². The second-order valence-corrected chi connectivity index (χ2v) is 7.69. The molecule has 26 heavy (non-hydrogen) atoms. The lowest BCUT2D eigenvalue weighted by molar-refractivity contribution is -0.144. The molecule has 0 saturated heterocycles. The van der Waals surface area contributed by atoms with E-state index in [1.54, 1.807) is 0 Å². The number of rotatable bonds is 14. The van der Waals surface area contributed by atoms with Crippen LogP contribution in [0, 0.1) is 11.8 Å². The van der Waals surface area contributed by atoms with E-state index in [1.165, 1.54) is 0 Å². The molecule has 0 aliphatic heterocycles. The first-order chi connectivity index (χ1) is 12.3. The molecule has 1 rings (SSSR count). The molecule has 3 atom stereocenters. The van der Waals surface area contributed by atoms with E-state index in [-0.39, 0.29) is 31.1 Å². The Hall–Kier alpha value is -1.04. The Morgan fingerprint density at radius 1 is 1.00 bits per heavy atom. The van der Waals surface area contributed by atoms with Gasteiger partial charge in [0.15, 0.2) is 0 Å². The number of aliphatic hydroxyl groups excluding tert-OH is 1. The van der Waals surface area contributed by atoms with Crippen LogP contribution >= 0.6 is 0 Å². The maximum Gasteiger partial charge on any atom is 0.305 e. The van der Waals surface area contributed by atoms with E-state index >= 15 is 0 Å². The number of halogens is 2. The highest BCUT2D eigenvalue weighted by Gasteiger charge is 2.39. The summed E-state index contributed by atoms with van der Waals surface area (Å²) < 4.78 is 27.6. The summed E-state index contributed by atoms with van der Waals surface area (Å²) in [5, 5.41) is 18.8. The number of hydrogen-bond acceptors (Lipinski definition) is 3. The molecule has 0 aromatic rings. The molecule has 0 unspecified atom stereocenters. The van der Waals surface area contributed by atoms with Gasteiger partial charge in [-0.2, -0.15) is 8.78 Å². The molecule has 152 valence electrons. The van der Waals surface area contributed by atoms with Gasteiger partial charge >= 0.3 is 11.9 Å². The van der Waals surface area contributed by atoms with E-state index in [0.29, 0.717) is 32.1 Å². The standard InChI is InChI=1S/C20H34F2O4/c1-2-3-14-20(21,22)18(24)13-11-15-10-12-17(23)16(15)8-6-4-5-7-9-19(25)26/h15-17,23H,2-14H2,1H3,(H,25,26)/t15-,16-,17+/m1/s1. The van der Waals surface area contributed by atoms with Crippen LogP contribution in [0.1, 0.15) is 90.4 Å². The van der Waals surface area contributed by atoms with Crippen LogP contribution in [0.3, 0.4) is 0 Å². The van der Waals surface area contributed by atoms with Crippen LogP contribution in [0.15, 0.2) is 0 Å². The molecule has 0 heterocycles. The Balaban J connectivity index is 2.33. The van der Waals surface area contributed by atoms with Gasteiger partial charge in [-0.25, -0.2) is 0 Å². The number of aliphatic hydroxyl groups is 1. The fourth-order valence-corrected chi connectivity index (χ4v) is 3.96. The molecule has 1 saturated carbocycles. The van der Waals surface area contributed by atoms with Crippen molar-refractivity contribution in [3.05, 3.63) is 0 Å². The molecule has 1 fully saturated rings. The van der Waals surface area contributed by atoms with Crippen molar-refractivity contribution in [3.8, 4) is 0 Å². The number of unbranched alkanes of at least 4 members (excludes halogenated alkanes) is 4. The van der Waals surface area contributed by atoms with Gasteiger partial charge in [-0.1, -0.05) is 32.6 Å². The van der Waals surface area contributed by atoms with Gasteiger partial charge in [0.2, 0.25) is 5.78 Å². The smallest absolute Gasteiger partial charge is 0.305 e. The fraction of sp³-hybridized carbons (Fsp3) is 0.900. The molecule has 1 aliphatic rings. The van der Waals surface area contributed by atoms with Gasteiger partial charge in [0.05, 0.1) is 6.10 Å². The number of carbonyl (C=O) groups is 2. The SMILES string of the molecule is CCCCC(F)(F)C(=O)CC[C@H]1CC[C@H](O)[C@@H]1CCCCCCC(=O)O. The number of carbonyl (C=O) groups excluding carboxylic acids is 1. The minimum atomic E-state index is -3.22. The molecule has 0 spiro atoms. The maximum atomic E-state index is 13.8. The Morgan fingerprint density at radius 3 is 2.35 bits per heavy atom. The molecule has 0 radical (unpaired) electrons. The van der Waals surface area contributed by atoms with Gasteiger partial charge in [0, 0.05) is 19.3 Å². The Labute approximate surface area is 155 Å². The second-order valence-electron chi connectivity index (χ2n) is 7.69. The van der Waals surface area contributed by atoms with Gasteiger partial charge in [-0.3, -0.25) is 9.59 Å². The number of carboxylic acids is 1.